The highest BCUT2D eigenvalue weighted by Crippen LogP contribution is 2.39. The highest BCUT2D eigenvalue weighted by atomic mass is 16.4. The second-order valence-electron chi connectivity index (χ2n) is 17.3. The smallest absolute Gasteiger partial charge is 0.326 e. The van der Waals surface area contributed by atoms with Gasteiger partial charge in [-0.3, -0.25) is 24.0 Å². The molecule has 4 aromatic rings. The molecule has 0 aliphatic carbocycles. The van der Waals surface area contributed by atoms with E-state index in [-0.39, 0.29) is 59.9 Å². The van der Waals surface area contributed by atoms with Crippen molar-refractivity contribution in [1.82, 2.24) is 26.2 Å². The van der Waals surface area contributed by atoms with Crippen LogP contribution < -0.4 is 27.0 Å². The molecule has 0 spiro atoms. The Labute approximate surface area is 386 Å². The number of likely N-dealkylation sites (N-methyl/N-ethyl adjacent to an activating group) is 1. The highest BCUT2D eigenvalue weighted by molar-refractivity contribution is 5.99. The van der Waals surface area contributed by atoms with Gasteiger partial charge in [0.25, 0.3) is 5.91 Å². The molecule has 354 valence electrons. The normalized spacial score (nSPS) is 16.6. The molecule has 5 rings (SSSR count). The summed E-state index contributed by atoms with van der Waals surface area (Å²) in [5.41, 5.74) is 8.34. The lowest BCUT2D eigenvalue weighted by molar-refractivity contribution is -0.144. The van der Waals surface area contributed by atoms with Crippen LogP contribution in [0.25, 0.3) is 21.9 Å². The maximum atomic E-state index is 14.4. The van der Waals surface area contributed by atoms with Crippen LogP contribution in [0.1, 0.15) is 124 Å². The molecule has 15 nitrogen and oxygen atoms in total. The molecule has 0 saturated carbocycles. The van der Waals surface area contributed by atoms with E-state index in [0.29, 0.717) is 30.5 Å². The first-order chi connectivity index (χ1) is 31.7. The van der Waals surface area contributed by atoms with E-state index < -0.39 is 53.8 Å². The van der Waals surface area contributed by atoms with E-state index in [2.05, 4.69) is 40.3 Å². The molecule has 66 heavy (non-hydrogen) atoms. The third-order valence-electron chi connectivity index (χ3n) is 12.2. The molecule has 4 aromatic carbocycles. The van der Waals surface area contributed by atoms with E-state index in [4.69, 9.17) is 5.73 Å². The molecule has 0 fully saturated rings. The van der Waals surface area contributed by atoms with Gasteiger partial charge in [-0.2, -0.15) is 0 Å². The molecule has 1 heterocycles. The summed E-state index contributed by atoms with van der Waals surface area (Å²) in [6, 6.07) is 15.1. The lowest BCUT2D eigenvalue weighted by atomic mass is 9.93. The average molecular weight is 907 g/mol. The third kappa shape index (κ3) is 14.0. The topological polar surface area (TPSA) is 240 Å². The SMILES string of the molecule is CCCCCCCCCCc1ccc2cc(C(=O)NCCC(=O)N[C@@H](CCCCN)C(=O)N(C)[C@@H]3C(=O)N[C@@H](C)C(=O)N[C@H](C(=O)O)Cc4ccc(O)c(c4)-c4cc3ccc4O)ccc2c1. The number of nitrogens with zero attached hydrogens (tertiary/aromatic N) is 1. The van der Waals surface area contributed by atoms with E-state index in [1.807, 2.05) is 18.2 Å². The van der Waals surface area contributed by atoms with Crippen LogP contribution in [0.2, 0.25) is 0 Å². The largest absolute Gasteiger partial charge is 0.507 e. The number of phenolic OH excluding ortho intramolecular Hbond substituents is 2. The van der Waals surface area contributed by atoms with Crippen molar-refractivity contribution in [3.05, 3.63) is 95.1 Å². The molecular weight excluding hydrogens is 841 g/mol. The number of aryl methyl sites for hydroxylation is 1. The first-order valence-corrected chi connectivity index (χ1v) is 23.3. The maximum Gasteiger partial charge on any atom is 0.326 e. The van der Waals surface area contributed by atoms with Gasteiger partial charge in [0.1, 0.15) is 35.7 Å². The molecule has 4 atom stereocenters. The molecule has 0 unspecified atom stereocenters. The summed E-state index contributed by atoms with van der Waals surface area (Å²) < 4.78 is 0. The number of rotatable bonds is 21. The Morgan fingerprint density at radius 3 is 2.17 bits per heavy atom. The predicted octanol–water partition coefficient (Wildman–Crippen LogP) is 6.16. The number of aromatic hydroxyl groups is 2. The number of carboxylic acid groups (broad SMARTS) is 1. The van der Waals surface area contributed by atoms with Crippen molar-refractivity contribution < 1.29 is 44.1 Å². The summed E-state index contributed by atoms with van der Waals surface area (Å²) >= 11 is 0. The second-order valence-corrected chi connectivity index (χ2v) is 17.3. The van der Waals surface area contributed by atoms with Crippen LogP contribution in [0, 0.1) is 0 Å². The number of hydrogen-bond acceptors (Lipinski definition) is 9. The Hall–Kier alpha value is -6.48. The number of fused-ring (bicyclic) bond motifs is 6. The van der Waals surface area contributed by atoms with Gasteiger partial charge in [-0.1, -0.05) is 88.3 Å². The number of nitrogens with two attached hydrogens (primary N) is 1. The van der Waals surface area contributed by atoms with E-state index in [1.54, 1.807) is 6.07 Å². The van der Waals surface area contributed by atoms with Gasteiger partial charge in [-0.05, 0) is 109 Å². The van der Waals surface area contributed by atoms with Crippen LogP contribution in [0.4, 0.5) is 0 Å². The van der Waals surface area contributed by atoms with Gasteiger partial charge in [0.2, 0.25) is 23.6 Å². The Morgan fingerprint density at radius 2 is 1.45 bits per heavy atom. The Balaban J connectivity index is 1.27. The number of phenols is 2. The summed E-state index contributed by atoms with van der Waals surface area (Å²) in [4.78, 5) is 81.8. The number of unbranched alkanes of at least 4 members (excludes halogenated alkanes) is 8. The summed E-state index contributed by atoms with van der Waals surface area (Å²) in [5.74, 6) is -4.96. The van der Waals surface area contributed by atoms with Crippen molar-refractivity contribution in [2.75, 3.05) is 20.1 Å². The van der Waals surface area contributed by atoms with Gasteiger partial charge in [-0.15, -0.1) is 0 Å². The molecule has 0 radical (unpaired) electrons. The van der Waals surface area contributed by atoms with E-state index in [9.17, 15) is 44.1 Å². The number of aliphatic carboxylic acids is 1. The maximum absolute atomic E-state index is 14.4. The zero-order chi connectivity index (χ0) is 47.8. The fourth-order valence-corrected chi connectivity index (χ4v) is 8.34. The van der Waals surface area contributed by atoms with Crippen LogP contribution in [0.15, 0.2) is 72.8 Å². The number of carboxylic acids is 1. The van der Waals surface area contributed by atoms with E-state index in [0.717, 1.165) is 28.5 Å². The number of nitrogens with one attached hydrogen (secondary N) is 4. The van der Waals surface area contributed by atoms with Crippen LogP contribution in [-0.2, 0) is 36.8 Å². The number of hydrogen-bond donors (Lipinski definition) is 8. The van der Waals surface area contributed by atoms with Crippen LogP contribution in [0.3, 0.4) is 0 Å². The first-order valence-electron chi connectivity index (χ1n) is 23.3. The van der Waals surface area contributed by atoms with Crippen molar-refractivity contribution in [3.8, 4) is 22.6 Å². The molecule has 9 N–H and O–H groups in total. The summed E-state index contributed by atoms with van der Waals surface area (Å²) in [6.07, 6.45) is 12.0. The Kier molecular flexibility index (Phi) is 18.9. The van der Waals surface area contributed by atoms with Crippen LogP contribution in [0.5, 0.6) is 11.5 Å². The Bertz CT molecular complexity index is 2350. The van der Waals surface area contributed by atoms with Crippen molar-refractivity contribution in [2.45, 2.75) is 128 Å². The number of carbonyl (C=O) groups excluding carboxylic acids is 5. The monoisotopic (exact) mass is 906 g/mol. The number of amides is 5. The van der Waals surface area contributed by atoms with Gasteiger partial charge >= 0.3 is 5.97 Å². The van der Waals surface area contributed by atoms with Gasteiger partial charge in [-0.25, -0.2) is 4.79 Å². The zero-order valence-corrected chi connectivity index (χ0v) is 38.4. The predicted molar refractivity (Wildman–Crippen MR) is 254 cm³/mol. The summed E-state index contributed by atoms with van der Waals surface area (Å²) in [7, 11) is 1.37. The molecule has 0 saturated heterocycles. The minimum Gasteiger partial charge on any atom is -0.507 e. The molecule has 15 heteroatoms. The molecule has 0 aromatic heterocycles. The van der Waals surface area contributed by atoms with Crippen molar-refractivity contribution in [1.29, 1.82) is 0 Å². The number of carbonyl (C=O) groups is 6. The number of benzene rings is 4. The third-order valence-corrected chi connectivity index (χ3v) is 12.2. The van der Waals surface area contributed by atoms with Crippen LogP contribution in [-0.4, -0.2) is 94.0 Å². The summed E-state index contributed by atoms with van der Waals surface area (Å²) in [5, 5.41) is 44.4. The fraction of sp³-hybridized carbons (Fsp3) is 0.451. The standard InChI is InChI=1S/C51H66N6O9/c1-4-5-6-7-8-9-10-11-14-33-16-18-36-30-38(20-19-35(36)27-33)48(62)53-26-24-45(60)55-41(15-12-13-25-52)50(64)57(3)46-37-21-23-44(59)40(31-37)39-28-34(17-22-43(39)58)29-42(51(65)66)56-47(61)32(2)54-49(46)63/h16-23,27-28,30-32,41-42,46,58-59H,4-15,24-26,29,52H2,1-3H3,(H,53,62)(H,54,63)(H,55,60)(H,56,61)(H,65,66)/t32-,41-,42-,46-/m0/s1. The first kappa shape index (κ1) is 50.5. The lowest BCUT2D eigenvalue weighted by Gasteiger charge is -2.32. The Morgan fingerprint density at radius 1 is 0.788 bits per heavy atom. The molecular formula is C51H66N6O9. The molecule has 5 amide bonds. The van der Waals surface area contributed by atoms with Crippen molar-refractivity contribution in [2.24, 2.45) is 5.73 Å². The molecule has 4 bridgehead atoms. The molecule has 1 aliphatic heterocycles. The van der Waals surface area contributed by atoms with Gasteiger partial charge in [0, 0.05) is 43.1 Å². The second kappa shape index (κ2) is 24.7. The quantitative estimate of drug-likeness (QED) is 0.0443. The minimum atomic E-state index is -1.44. The van der Waals surface area contributed by atoms with E-state index in [1.165, 1.54) is 101 Å². The van der Waals surface area contributed by atoms with Crippen LogP contribution >= 0.6 is 0 Å². The zero-order valence-electron chi connectivity index (χ0n) is 38.4. The fourth-order valence-electron chi connectivity index (χ4n) is 8.34. The van der Waals surface area contributed by atoms with Crippen molar-refractivity contribution >= 4 is 46.3 Å². The van der Waals surface area contributed by atoms with E-state index >= 15 is 0 Å². The molecule has 1 aliphatic rings. The lowest BCUT2D eigenvalue weighted by Crippen LogP contribution is -2.54. The summed E-state index contributed by atoms with van der Waals surface area (Å²) in [6.45, 7) is 3.93. The van der Waals surface area contributed by atoms with Crippen molar-refractivity contribution in [3.63, 3.8) is 0 Å². The van der Waals surface area contributed by atoms with Gasteiger partial charge < -0.3 is 47.2 Å². The van der Waals surface area contributed by atoms with Gasteiger partial charge in [0.05, 0.1) is 0 Å². The van der Waals surface area contributed by atoms with Gasteiger partial charge in [0.15, 0.2) is 0 Å². The highest BCUT2D eigenvalue weighted by Gasteiger charge is 2.36. The minimum absolute atomic E-state index is 0.0160. The average Bonchev–Trinajstić information content (AvgIpc) is 3.29.